The van der Waals surface area contributed by atoms with E-state index < -0.39 is 11.7 Å². The van der Waals surface area contributed by atoms with E-state index in [0.29, 0.717) is 28.0 Å². The number of rotatable bonds is 3. The molecule has 0 saturated heterocycles. The number of benzene rings is 1. The number of carbonyl (C=O) groups excluding carboxylic acids is 1. The number of anilines is 1. The molecule has 0 aliphatic rings. The van der Waals surface area contributed by atoms with Gasteiger partial charge >= 0.3 is 6.09 Å². The summed E-state index contributed by atoms with van der Waals surface area (Å²) in [5.41, 5.74) is 5.86. The summed E-state index contributed by atoms with van der Waals surface area (Å²) in [6.45, 7) is 5.48. The highest BCUT2D eigenvalue weighted by Gasteiger charge is 2.18. The standard InChI is InChI=1S/C14H17ClN4O3/c1-14(2,3)21-13(20)17-10-6-8(4-5-9(10)15)12-18-11(7-16)22-19-12/h4-6H,7,16H2,1-3H3,(H,17,20). The topological polar surface area (TPSA) is 103 Å². The summed E-state index contributed by atoms with van der Waals surface area (Å²) in [4.78, 5) is 15.9. The Bertz CT molecular complexity index is 679. The second-order valence-corrected chi connectivity index (χ2v) is 5.94. The predicted octanol–water partition coefficient (Wildman–Crippen LogP) is 3.20. The molecule has 2 rings (SSSR count). The predicted molar refractivity (Wildman–Crippen MR) is 82.5 cm³/mol. The Hall–Kier alpha value is -2.12. The van der Waals surface area contributed by atoms with Gasteiger partial charge in [0.05, 0.1) is 17.3 Å². The Balaban J connectivity index is 2.21. The van der Waals surface area contributed by atoms with E-state index in [9.17, 15) is 4.79 Å². The first-order valence-corrected chi connectivity index (χ1v) is 6.99. The SMILES string of the molecule is CC(C)(C)OC(=O)Nc1cc(-c2noc(CN)n2)ccc1Cl. The van der Waals surface area contributed by atoms with Gasteiger partial charge in [0, 0.05) is 5.56 Å². The van der Waals surface area contributed by atoms with E-state index in [1.54, 1.807) is 39.0 Å². The van der Waals surface area contributed by atoms with E-state index in [0.717, 1.165) is 0 Å². The van der Waals surface area contributed by atoms with Crippen LogP contribution in [-0.4, -0.2) is 21.8 Å². The van der Waals surface area contributed by atoms with Crippen molar-refractivity contribution in [3.8, 4) is 11.4 Å². The third-order valence-corrected chi connectivity index (χ3v) is 2.83. The van der Waals surface area contributed by atoms with Gasteiger partial charge in [-0.2, -0.15) is 4.98 Å². The quantitative estimate of drug-likeness (QED) is 0.898. The third-order valence-electron chi connectivity index (χ3n) is 2.50. The lowest BCUT2D eigenvalue weighted by Crippen LogP contribution is -2.27. The molecule has 0 atom stereocenters. The number of nitrogens with zero attached hydrogens (tertiary/aromatic N) is 2. The number of aromatic nitrogens is 2. The zero-order chi connectivity index (χ0) is 16.3. The van der Waals surface area contributed by atoms with Gasteiger partial charge < -0.3 is 15.0 Å². The van der Waals surface area contributed by atoms with E-state index in [-0.39, 0.29) is 6.54 Å². The van der Waals surface area contributed by atoms with Crippen LogP contribution in [0.1, 0.15) is 26.7 Å². The monoisotopic (exact) mass is 324 g/mol. The fourth-order valence-corrected chi connectivity index (χ4v) is 1.79. The Labute approximate surface area is 132 Å². The van der Waals surface area contributed by atoms with Crippen LogP contribution in [0.2, 0.25) is 5.02 Å². The Morgan fingerprint density at radius 2 is 2.18 bits per heavy atom. The van der Waals surface area contributed by atoms with Gasteiger partial charge in [0.2, 0.25) is 11.7 Å². The molecule has 8 heteroatoms. The summed E-state index contributed by atoms with van der Waals surface area (Å²) in [5, 5.41) is 6.78. The van der Waals surface area contributed by atoms with Crippen LogP contribution in [0.5, 0.6) is 0 Å². The van der Waals surface area contributed by atoms with Gasteiger partial charge in [-0.25, -0.2) is 4.79 Å². The van der Waals surface area contributed by atoms with Gasteiger partial charge in [-0.05, 0) is 39.0 Å². The van der Waals surface area contributed by atoms with Crippen molar-refractivity contribution in [2.24, 2.45) is 5.73 Å². The summed E-state index contributed by atoms with van der Waals surface area (Å²) in [5.74, 6) is 0.691. The van der Waals surface area contributed by atoms with E-state index in [2.05, 4.69) is 15.5 Å². The van der Waals surface area contributed by atoms with E-state index >= 15 is 0 Å². The maximum atomic E-state index is 11.8. The van der Waals surface area contributed by atoms with Crippen molar-refractivity contribution in [2.45, 2.75) is 32.9 Å². The minimum Gasteiger partial charge on any atom is -0.444 e. The molecule has 0 unspecified atom stereocenters. The fraction of sp³-hybridized carbons (Fsp3) is 0.357. The number of hydrogen-bond donors (Lipinski definition) is 2. The van der Waals surface area contributed by atoms with Gasteiger partial charge in [0.15, 0.2) is 0 Å². The lowest BCUT2D eigenvalue weighted by molar-refractivity contribution is 0.0636. The third kappa shape index (κ3) is 4.19. The molecule has 0 bridgehead atoms. The highest BCUT2D eigenvalue weighted by atomic mass is 35.5. The molecule has 0 radical (unpaired) electrons. The van der Waals surface area contributed by atoms with E-state index in [1.807, 2.05) is 0 Å². The van der Waals surface area contributed by atoms with Gasteiger partial charge in [0.1, 0.15) is 5.60 Å². The molecule has 7 nitrogen and oxygen atoms in total. The summed E-state index contributed by atoms with van der Waals surface area (Å²) in [7, 11) is 0. The number of amides is 1. The molecule has 0 fully saturated rings. The van der Waals surface area contributed by atoms with Gasteiger partial charge in [-0.15, -0.1) is 0 Å². The van der Waals surface area contributed by atoms with Crippen LogP contribution >= 0.6 is 11.6 Å². The van der Waals surface area contributed by atoms with Crippen molar-refractivity contribution in [3.63, 3.8) is 0 Å². The first-order valence-electron chi connectivity index (χ1n) is 6.61. The second-order valence-electron chi connectivity index (χ2n) is 5.54. The van der Waals surface area contributed by atoms with Crippen molar-refractivity contribution < 1.29 is 14.1 Å². The Morgan fingerprint density at radius 3 is 2.77 bits per heavy atom. The highest BCUT2D eigenvalue weighted by Crippen LogP contribution is 2.28. The van der Waals surface area contributed by atoms with Crippen molar-refractivity contribution in [2.75, 3.05) is 5.32 Å². The average Bonchev–Trinajstić information content (AvgIpc) is 2.88. The normalized spacial score (nSPS) is 11.3. The first kappa shape index (κ1) is 16.3. The largest absolute Gasteiger partial charge is 0.444 e. The molecule has 2 aromatic rings. The summed E-state index contributed by atoms with van der Waals surface area (Å²) < 4.78 is 10.1. The maximum absolute atomic E-state index is 11.8. The number of hydrogen-bond acceptors (Lipinski definition) is 6. The summed E-state index contributed by atoms with van der Waals surface area (Å²) in [6, 6.07) is 4.98. The number of nitrogens with one attached hydrogen (secondary N) is 1. The van der Waals surface area contributed by atoms with Crippen LogP contribution < -0.4 is 11.1 Å². The van der Waals surface area contributed by atoms with Crippen LogP contribution in [0.4, 0.5) is 10.5 Å². The molecule has 0 aliphatic carbocycles. The lowest BCUT2D eigenvalue weighted by atomic mass is 10.2. The maximum Gasteiger partial charge on any atom is 0.412 e. The molecule has 3 N–H and O–H groups in total. The van der Waals surface area contributed by atoms with Gasteiger partial charge in [-0.3, -0.25) is 5.32 Å². The highest BCUT2D eigenvalue weighted by molar-refractivity contribution is 6.33. The molecular weight excluding hydrogens is 308 g/mol. The second kappa shape index (κ2) is 6.33. The molecule has 0 saturated carbocycles. The zero-order valence-corrected chi connectivity index (χ0v) is 13.3. The summed E-state index contributed by atoms with van der Waals surface area (Å²) >= 11 is 6.08. The van der Waals surface area contributed by atoms with Crippen molar-refractivity contribution in [1.29, 1.82) is 0 Å². The fourth-order valence-electron chi connectivity index (χ4n) is 1.63. The molecule has 1 aromatic heterocycles. The molecule has 1 heterocycles. The zero-order valence-electron chi connectivity index (χ0n) is 12.5. The van der Waals surface area contributed by atoms with Crippen LogP contribution in [0.15, 0.2) is 22.7 Å². The number of ether oxygens (including phenoxy) is 1. The van der Waals surface area contributed by atoms with Crippen LogP contribution in [0.3, 0.4) is 0 Å². The van der Waals surface area contributed by atoms with E-state index in [1.165, 1.54) is 0 Å². The smallest absolute Gasteiger partial charge is 0.412 e. The number of halogens is 1. The molecule has 118 valence electrons. The number of carbonyl (C=O) groups is 1. The van der Waals surface area contributed by atoms with Crippen molar-refractivity contribution in [3.05, 3.63) is 29.1 Å². The first-order chi connectivity index (χ1) is 10.3. The van der Waals surface area contributed by atoms with Crippen LogP contribution in [0.25, 0.3) is 11.4 Å². The Morgan fingerprint density at radius 1 is 1.45 bits per heavy atom. The van der Waals surface area contributed by atoms with Crippen LogP contribution in [0, 0.1) is 0 Å². The van der Waals surface area contributed by atoms with Gasteiger partial charge in [-0.1, -0.05) is 16.8 Å². The number of nitrogens with two attached hydrogens (primary N) is 1. The van der Waals surface area contributed by atoms with Gasteiger partial charge in [0.25, 0.3) is 0 Å². The summed E-state index contributed by atoms with van der Waals surface area (Å²) in [6.07, 6.45) is -0.595. The molecule has 1 aromatic carbocycles. The molecule has 22 heavy (non-hydrogen) atoms. The van der Waals surface area contributed by atoms with Crippen LogP contribution in [-0.2, 0) is 11.3 Å². The van der Waals surface area contributed by atoms with E-state index in [4.69, 9.17) is 26.6 Å². The van der Waals surface area contributed by atoms with Crippen molar-refractivity contribution in [1.82, 2.24) is 10.1 Å². The molecule has 0 aliphatic heterocycles. The minimum absolute atomic E-state index is 0.156. The van der Waals surface area contributed by atoms with Crippen molar-refractivity contribution >= 4 is 23.4 Å². The molecule has 1 amide bonds. The molecule has 0 spiro atoms. The Kier molecular flexibility index (Phi) is 4.68. The lowest BCUT2D eigenvalue weighted by Gasteiger charge is -2.20. The average molecular weight is 325 g/mol. The minimum atomic E-state index is -0.599. The molecular formula is C14H17ClN4O3.